The van der Waals surface area contributed by atoms with E-state index >= 15 is 0 Å². The average molecular weight is 283 g/mol. The zero-order valence-electron chi connectivity index (χ0n) is 12.6. The first-order valence-corrected chi connectivity index (χ1v) is 8.88. The predicted molar refractivity (Wildman–Crippen MR) is 86.1 cm³/mol. The Morgan fingerprint density at radius 3 is 2.79 bits per heavy atom. The third kappa shape index (κ3) is 4.04. The summed E-state index contributed by atoms with van der Waals surface area (Å²) in [6.07, 6.45) is 9.55. The Kier molecular flexibility index (Phi) is 5.86. The van der Waals surface area contributed by atoms with Crippen molar-refractivity contribution in [2.45, 2.75) is 56.6 Å². The van der Waals surface area contributed by atoms with Gasteiger partial charge in [0.15, 0.2) is 5.96 Å². The summed E-state index contributed by atoms with van der Waals surface area (Å²) in [7, 11) is 1.92. The van der Waals surface area contributed by atoms with Crippen molar-refractivity contribution in [3.63, 3.8) is 0 Å². The van der Waals surface area contributed by atoms with E-state index in [9.17, 15) is 0 Å². The van der Waals surface area contributed by atoms with Gasteiger partial charge in [0.2, 0.25) is 0 Å². The number of unbranched alkanes of at least 4 members (excludes halogenated alkanes) is 1. The molecule has 0 aromatic carbocycles. The minimum Gasteiger partial charge on any atom is -0.356 e. The molecule has 1 spiro atoms. The van der Waals surface area contributed by atoms with Crippen LogP contribution in [0.5, 0.6) is 0 Å². The first kappa shape index (κ1) is 15.0. The van der Waals surface area contributed by atoms with Gasteiger partial charge in [0.05, 0.1) is 0 Å². The van der Waals surface area contributed by atoms with Gasteiger partial charge in [-0.05, 0) is 19.3 Å². The highest BCUT2D eigenvalue weighted by Crippen LogP contribution is 2.42. The normalized spacial score (nSPS) is 23.7. The maximum atomic E-state index is 4.48. The Balaban J connectivity index is 1.91. The molecule has 2 rings (SSSR count). The first-order chi connectivity index (χ1) is 9.29. The maximum Gasteiger partial charge on any atom is 0.193 e. The molecule has 19 heavy (non-hydrogen) atoms. The summed E-state index contributed by atoms with van der Waals surface area (Å²) in [5, 5.41) is 3.53. The molecule has 0 atom stereocenters. The molecule has 4 heteroatoms. The Morgan fingerprint density at radius 1 is 1.32 bits per heavy atom. The van der Waals surface area contributed by atoms with Crippen molar-refractivity contribution in [1.29, 1.82) is 0 Å². The summed E-state index contributed by atoms with van der Waals surface area (Å²) in [5.41, 5.74) is 0. The maximum absolute atomic E-state index is 4.48. The molecule has 2 aliphatic rings. The third-order valence-corrected chi connectivity index (χ3v) is 5.87. The van der Waals surface area contributed by atoms with E-state index in [-0.39, 0.29) is 0 Å². The number of guanidine groups is 1. The van der Waals surface area contributed by atoms with E-state index in [0.717, 1.165) is 19.0 Å². The van der Waals surface area contributed by atoms with Gasteiger partial charge in [0, 0.05) is 37.2 Å². The Hall–Kier alpha value is -0.380. The molecule has 3 nitrogen and oxygen atoms in total. The van der Waals surface area contributed by atoms with Gasteiger partial charge in [-0.25, -0.2) is 0 Å². The minimum atomic E-state index is 0.527. The van der Waals surface area contributed by atoms with E-state index in [1.54, 1.807) is 0 Å². The second kappa shape index (κ2) is 7.41. The van der Waals surface area contributed by atoms with Gasteiger partial charge in [-0.1, -0.05) is 32.6 Å². The van der Waals surface area contributed by atoms with E-state index in [0.29, 0.717) is 4.75 Å². The average Bonchev–Trinajstić information content (AvgIpc) is 2.44. The SMILES string of the molecule is CCCCNC(=NC)N1CCSC2(CCCCC2)C1. The molecular weight excluding hydrogens is 254 g/mol. The van der Waals surface area contributed by atoms with E-state index in [1.807, 2.05) is 7.05 Å². The lowest BCUT2D eigenvalue weighted by Gasteiger charge is -2.45. The van der Waals surface area contributed by atoms with Crippen molar-refractivity contribution < 1.29 is 0 Å². The van der Waals surface area contributed by atoms with E-state index < -0.39 is 0 Å². The van der Waals surface area contributed by atoms with Crippen molar-refractivity contribution in [3.05, 3.63) is 0 Å². The van der Waals surface area contributed by atoms with Crippen LogP contribution in [0.25, 0.3) is 0 Å². The van der Waals surface area contributed by atoms with E-state index in [1.165, 1.54) is 57.2 Å². The van der Waals surface area contributed by atoms with Crippen molar-refractivity contribution in [3.8, 4) is 0 Å². The fourth-order valence-electron chi connectivity index (χ4n) is 3.23. The molecule has 0 radical (unpaired) electrons. The van der Waals surface area contributed by atoms with Crippen LogP contribution in [0.2, 0.25) is 0 Å². The summed E-state index contributed by atoms with van der Waals surface area (Å²) in [6, 6.07) is 0. The lowest BCUT2D eigenvalue weighted by atomic mass is 9.87. The highest BCUT2D eigenvalue weighted by Gasteiger charge is 2.38. The van der Waals surface area contributed by atoms with Crippen LogP contribution in [-0.4, -0.2) is 48.0 Å². The Bertz CT molecular complexity index is 292. The fraction of sp³-hybridized carbons (Fsp3) is 0.933. The van der Waals surface area contributed by atoms with Gasteiger partial charge < -0.3 is 10.2 Å². The molecule has 0 amide bonds. The van der Waals surface area contributed by atoms with Crippen molar-refractivity contribution in [2.24, 2.45) is 4.99 Å². The smallest absolute Gasteiger partial charge is 0.193 e. The van der Waals surface area contributed by atoms with E-state index in [2.05, 4.69) is 33.9 Å². The molecule has 1 saturated carbocycles. The van der Waals surface area contributed by atoms with Crippen LogP contribution in [-0.2, 0) is 0 Å². The third-order valence-electron chi connectivity index (χ3n) is 4.34. The Morgan fingerprint density at radius 2 is 2.11 bits per heavy atom. The highest BCUT2D eigenvalue weighted by molar-refractivity contribution is 8.00. The zero-order valence-corrected chi connectivity index (χ0v) is 13.4. The van der Waals surface area contributed by atoms with Crippen LogP contribution in [0.3, 0.4) is 0 Å². The van der Waals surface area contributed by atoms with Crippen molar-refractivity contribution in [2.75, 3.05) is 32.4 Å². The van der Waals surface area contributed by atoms with Crippen LogP contribution >= 0.6 is 11.8 Å². The molecule has 2 fully saturated rings. The van der Waals surface area contributed by atoms with Crippen molar-refractivity contribution in [1.82, 2.24) is 10.2 Å². The number of nitrogens with zero attached hydrogens (tertiary/aromatic N) is 2. The van der Waals surface area contributed by atoms with Gasteiger partial charge in [-0.15, -0.1) is 0 Å². The number of hydrogen-bond donors (Lipinski definition) is 1. The fourth-order valence-corrected chi connectivity index (χ4v) is 4.80. The summed E-state index contributed by atoms with van der Waals surface area (Å²) < 4.78 is 0.527. The van der Waals surface area contributed by atoms with Gasteiger partial charge in [0.1, 0.15) is 0 Å². The summed E-state index contributed by atoms with van der Waals surface area (Å²) in [4.78, 5) is 6.98. The molecular formula is C15H29N3S. The molecule has 1 N–H and O–H groups in total. The lowest BCUT2D eigenvalue weighted by molar-refractivity contribution is 0.293. The number of aliphatic imine (C=N–C) groups is 1. The number of thioether (sulfide) groups is 1. The molecule has 0 unspecified atom stereocenters. The number of nitrogens with one attached hydrogen (secondary N) is 1. The lowest BCUT2D eigenvalue weighted by Crippen LogP contribution is -2.53. The largest absolute Gasteiger partial charge is 0.356 e. The highest BCUT2D eigenvalue weighted by atomic mass is 32.2. The molecule has 1 aliphatic heterocycles. The van der Waals surface area contributed by atoms with Crippen LogP contribution in [0.15, 0.2) is 4.99 Å². The molecule has 0 aromatic heterocycles. The number of rotatable bonds is 3. The zero-order chi connectivity index (χ0) is 13.6. The van der Waals surface area contributed by atoms with Gasteiger partial charge >= 0.3 is 0 Å². The molecule has 1 heterocycles. The van der Waals surface area contributed by atoms with Crippen LogP contribution in [0.1, 0.15) is 51.9 Å². The first-order valence-electron chi connectivity index (χ1n) is 7.89. The molecule has 1 aliphatic carbocycles. The monoisotopic (exact) mass is 283 g/mol. The number of hydrogen-bond acceptors (Lipinski definition) is 2. The molecule has 0 bridgehead atoms. The molecule has 1 saturated heterocycles. The quantitative estimate of drug-likeness (QED) is 0.490. The summed E-state index contributed by atoms with van der Waals surface area (Å²) >= 11 is 2.22. The second-order valence-corrected chi connectivity index (χ2v) is 7.40. The molecule has 110 valence electrons. The van der Waals surface area contributed by atoms with E-state index in [4.69, 9.17) is 0 Å². The standard InChI is InChI=1S/C15H29N3S/c1-3-4-10-17-14(16-2)18-11-12-19-15(13-18)8-6-5-7-9-15/h3-13H2,1-2H3,(H,16,17). The predicted octanol–water partition coefficient (Wildman–Crippen LogP) is 3.11. The van der Waals surface area contributed by atoms with Crippen LogP contribution in [0.4, 0.5) is 0 Å². The van der Waals surface area contributed by atoms with Gasteiger partial charge in [-0.3, -0.25) is 4.99 Å². The Labute approximate surface area is 122 Å². The summed E-state index contributed by atoms with van der Waals surface area (Å²) in [5.74, 6) is 2.38. The van der Waals surface area contributed by atoms with Crippen LogP contribution < -0.4 is 5.32 Å². The van der Waals surface area contributed by atoms with Gasteiger partial charge in [0.25, 0.3) is 0 Å². The summed E-state index contributed by atoms with van der Waals surface area (Å²) in [6.45, 7) is 5.64. The van der Waals surface area contributed by atoms with Crippen LogP contribution in [0, 0.1) is 0 Å². The minimum absolute atomic E-state index is 0.527. The second-order valence-electron chi connectivity index (χ2n) is 5.84. The molecule has 0 aromatic rings. The van der Waals surface area contributed by atoms with Gasteiger partial charge in [-0.2, -0.15) is 11.8 Å². The topological polar surface area (TPSA) is 27.6 Å². The van der Waals surface area contributed by atoms with Crippen molar-refractivity contribution >= 4 is 17.7 Å².